The molecule has 1 aliphatic carbocycles. The fourth-order valence-electron chi connectivity index (χ4n) is 2.67. The van der Waals surface area contributed by atoms with Gasteiger partial charge >= 0.3 is 0 Å². The monoisotopic (exact) mass is 247 g/mol. The minimum atomic E-state index is -0.0444. The molecule has 0 heterocycles. The molecule has 1 saturated carbocycles. The Kier molecular flexibility index (Phi) is 4.79. The first-order valence-corrected chi connectivity index (χ1v) is 7.11. The first kappa shape index (κ1) is 13.6. The van der Waals surface area contributed by atoms with Crippen LogP contribution in [0.5, 0.6) is 0 Å². The number of aliphatic hydroxyl groups is 1. The molecule has 0 aliphatic heterocycles. The second-order valence-electron chi connectivity index (χ2n) is 5.99. The summed E-state index contributed by atoms with van der Waals surface area (Å²) in [6.07, 6.45) is 3.06. The molecule has 0 spiro atoms. The highest BCUT2D eigenvalue weighted by Gasteiger charge is 2.27. The predicted octanol–water partition coefficient (Wildman–Crippen LogP) is 3.13. The minimum Gasteiger partial charge on any atom is -0.393 e. The number of rotatable bonds is 6. The lowest BCUT2D eigenvalue weighted by atomic mass is 9.82. The van der Waals surface area contributed by atoms with E-state index >= 15 is 0 Å². The quantitative estimate of drug-likeness (QED) is 0.809. The van der Waals surface area contributed by atoms with Crippen LogP contribution in [0, 0.1) is 11.8 Å². The maximum atomic E-state index is 9.32. The summed E-state index contributed by atoms with van der Waals surface area (Å²) in [5.74, 6) is 1.35. The van der Waals surface area contributed by atoms with Gasteiger partial charge in [-0.2, -0.15) is 0 Å². The van der Waals surface area contributed by atoms with E-state index < -0.39 is 0 Å². The smallest absolute Gasteiger partial charge is 0.0546 e. The highest BCUT2D eigenvalue weighted by Crippen LogP contribution is 2.28. The van der Waals surface area contributed by atoms with Gasteiger partial charge in [-0.1, -0.05) is 44.2 Å². The molecular formula is C16H25NO. The van der Waals surface area contributed by atoms with Crippen molar-refractivity contribution in [2.45, 2.75) is 45.3 Å². The molecule has 1 aromatic carbocycles. The maximum Gasteiger partial charge on any atom is 0.0546 e. The van der Waals surface area contributed by atoms with Gasteiger partial charge in [0.15, 0.2) is 0 Å². The zero-order chi connectivity index (χ0) is 13.0. The Morgan fingerprint density at radius 2 is 1.89 bits per heavy atom. The Morgan fingerprint density at radius 1 is 1.22 bits per heavy atom. The topological polar surface area (TPSA) is 32.3 Å². The molecule has 2 nitrogen and oxygen atoms in total. The van der Waals surface area contributed by atoms with Crippen LogP contribution < -0.4 is 5.32 Å². The largest absolute Gasteiger partial charge is 0.393 e. The fraction of sp³-hybridized carbons (Fsp3) is 0.625. The molecule has 0 radical (unpaired) electrons. The number of benzene rings is 1. The van der Waals surface area contributed by atoms with Gasteiger partial charge in [0.25, 0.3) is 0 Å². The van der Waals surface area contributed by atoms with Crippen LogP contribution in [0.3, 0.4) is 0 Å². The third-order valence-corrected chi connectivity index (χ3v) is 3.77. The third-order valence-electron chi connectivity index (χ3n) is 3.77. The van der Waals surface area contributed by atoms with Crippen molar-refractivity contribution < 1.29 is 5.11 Å². The number of hydrogen-bond acceptors (Lipinski definition) is 2. The Labute approximate surface area is 110 Å². The minimum absolute atomic E-state index is 0.0444. The standard InChI is InChI=1S/C16H25NO/c1-12(2)8-16(14-6-4-3-5-7-14)17-11-13-9-15(18)10-13/h3-7,12-13,15-18H,8-11H2,1-2H3. The zero-order valence-corrected chi connectivity index (χ0v) is 11.5. The molecular weight excluding hydrogens is 222 g/mol. The lowest BCUT2D eigenvalue weighted by molar-refractivity contribution is 0.0415. The van der Waals surface area contributed by atoms with E-state index in [2.05, 4.69) is 49.5 Å². The molecule has 0 bridgehead atoms. The summed E-state index contributed by atoms with van der Waals surface area (Å²) in [7, 11) is 0. The summed E-state index contributed by atoms with van der Waals surface area (Å²) in [4.78, 5) is 0. The van der Waals surface area contributed by atoms with Gasteiger partial charge in [-0.15, -0.1) is 0 Å². The molecule has 0 saturated heterocycles. The van der Waals surface area contributed by atoms with E-state index in [0.29, 0.717) is 17.9 Å². The third kappa shape index (κ3) is 3.82. The first-order chi connectivity index (χ1) is 8.65. The average molecular weight is 247 g/mol. The lowest BCUT2D eigenvalue weighted by Crippen LogP contribution is -2.37. The van der Waals surface area contributed by atoms with Crippen molar-refractivity contribution in [2.75, 3.05) is 6.54 Å². The van der Waals surface area contributed by atoms with Crippen LogP contribution in [0.2, 0.25) is 0 Å². The Hall–Kier alpha value is -0.860. The van der Waals surface area contributed by atoms with Gasteiger partial charge < -0.3 is 10.4 Å². The Morgan fingerprint density at radius 3 is 2.44 bits per heavy atom. The van der Waals surface area contributed by atoms with Crippen molar-refractivity contribution in [3.8, 4) is 0 Å². The van der Waals surface area contributed by atoms with Gasteiger partial charge in [-0.3, -0.25) is 0 Å². The van der Waals surface area contributed by atoms with Crippen LogP contribution in [-0.2, 0) is 0 Å². The van der Waals surface area contributed by atoms with E-state index in [0.717, 1.165) is 19.4 Å². The highest BCUT2D eigenvalue weighted by molar-refractivity contribution is 5.18. The van der Waals surface area contributed by atoms with Crippen molar-refractivity contribution in [1.29, 1.82) is 0 Å². The molecule has 1 unspecified atom stereocenters. The van der Waals surface area contributed by atoms with Crippen LogP contribution in [0.25, 0.3) is 0 Å². The van der Waals surface area contributed by atoms with E-state index in [1.807, 2.05) is 0 Å². The summed E-state index contributed by atoms with van der Waals surface area (Å²) in [5.41, 5.74) is 1.38. The first-order valence-electron chi connectivity index (χ1n) is 7.11. The summed E-state index contributed by atoms with van der Waals surface area (Å²) in [6, 6.07) is 11.1. The summed E-state index contributed by atoms with van der Waals surface area (Å²) < 4.78 is 0. The summed E-state index contributed by atoms with van der Waals surface area (Å²) >= 11 is 0. The van der Waals surface area contributed by atoms with E-state index in [-0.39, 0.29) is 6.10 Å². The van der Waals surface area contributed by atoms with Gasteiger partial charge in [0, 0.05) is 6.04 Å². The van der Waals surface area contributed by atoms with Crippen LogP contribution in [0.15, 0.2) is 30.3 Å². The Balaban J connectivity index is 1.89. The molecule has 1 aromatic rings. The van der Waals surface area contributed by atoms with Crippen LogP contribution in [0.4, 0.5) is 0 Å². The normalized spacial score (nSPS) is 24.9. The average Bonchev–Trinajstić information content (AvgIpc) is 2.32. The van der Waals surface area contributed by atoms with Crippen molar-refractivity contribution in [3.05, 3.63) is 35.9 Å². The molecule has 18 heavy (non-hydrogen) atoms. The van der Waals surface area contributed by atoms with Gasteiger partial charge in [0.05, 0.1) is 6.10 Å². The fourth-order valence-corrected chi connectivity index (χ4v) is 2.67. The second kappa shape index (κ2) is 6.35. The van der Waals surface area contributed by atoms with E-state index in [4.69, 9.17) is 0 Å². The van der Waals surface area contributed by atoms with Gasteiger partial charge in [0.1, 0.15) is 0 Å². The van der Waals surface area contributed by atoms with Gasteiger partial charge in [0.2, 0.25) is 0 Å². The molecule has 1 atom stereocenters. The second-order valence-corrected chi connectivity index (χ2v) is 5.99. The molecule has 1 fully saturated rings. The molecule has 2 N–H and O–H groups in total. The van der Waals surface area contributed by atoms with Crippen molar-refractivity contribution in [1.82, 2.24) is 5.32 Å². The highest BCUT2D eigenvalue weighted by atomic mass is 16.3. The van der Waals surface area contributed by atoms with Crippen molar-refractivity contribution in [2.24, 2.45) is 11.8 Å². The zero-order valence-electron chi connectivity index (χ0n) is 11.5. The van der Waals surface area contributed by atoms with Crippen LogP contribution in [-0.4, -0.2) is 17.8 Å². The van der Waals surface area contributed by atoms with E-state index in [9.17, 15) is 5.11 Å². The molecule has 2 heteroatoms. The number of nitrogens with one attached hydrogen (secondary N) is 1. The van der Waals surface area contributed by atoms with Crippen LogP contribution >= 0.6 is 0 Å². The summed E-state index contributed by atoms with van der Waals surface area (Å²) in [5, 5.41) is 13.0. The predicted molar refractivity (Wildman–Crippen MR) is 75.4 cm³/mol. The van der Waals surface area contributed by atoms with Gasteiger partial charge in [-0.25, -0.2) is 0 Å². The summed E-state index contributed by atoms with van der Waals surface area (Å²) in [6.45, 7) is 5.57. The molecule has 100 valence electrons. The van der Waals surface area contributed by atoms with E-state index in [1.165, 1.54) is 12.0 Å². The van der Waals surface area contributed by atoms with Crippen molar-refractivity contribution >= 4 is 0 Å². The molecule has 0 aromatic heterocycles. The van der Waals surface area contributed by atoms with Crippen molar-refractivity contribution in [3.63, 3.8) is 0 Å². The number of hydrogen-bond donors (Lipinski definition) is 2. The van der Waals surface area contributed by atoms with E-state index in [1.54, 1.807) is 0 Å². The SMILES string of the molecule is CC(C)CC(NCC1CC(O)C1)c1ccccc1. The molecule has 0 amide bonds. The molecule has 2 rings (SSSR count). The molecule has 1 aliphatic rings. The van der Waals surface area contributed by atoms with Gasteiger partial charge in [-0.05, 0) is 43.2 Å². The maximum absolute atomic E-state index is 9.32. The lowest BCUT2D eigenvalue weighted by Gasteiger charge is -2.33. The Bertz CT molecular complexity index is 343. The number of aliphatic hydroxyl groups excluding tert-OH is 1. The van der Waals surface area contributed by atoms with Crippen LogP contribution in [0.1, 0.15) is 44.7 Å².